The number of benzene rings is 1. The highest BCUT2D eigenvalue weighted by Crippen LogP contribution is 2.21. The number of sulfone groups is 1. The maximum atomic E-state index is 11.4. The van der Waals surface area contributed by atoms with Crippen LogP contribution in [0.25, 0.3) is 11.3 Å². The molecule has 0 radical (unpaired) electrons. The molecule has 3 rings (SSSR count). The van der Waals surface area contributed by atoms with E-state index in [1.54, 1.807) is 0 Å². The Hall–Kier alpha value is -1.66. The molecular formula is C16H21N3O2S. The van der Waals surface area contributed by atoms with Crippen molar-refractivity contribution >= 4 is 9.84 Å². The topological polar surface area (TPSA) is 55.2 Å². The van der Waals surface area contributed by atoms with Gasteiger partial charge in [-0.05, 0) is 18.1 Å². The van der Waals surface area contributed by atoms with Gasteiger partial charge in [0.2, 0.25) is 0 Å². The highest BCUT2D eigenvalue weighted by atomic mass is 32.2. The van der Waals surface area contributed by atoms with Gasteiger partial charge in [0.05, 0.1) is 23.4 Å². The second-order valence-corrected chi connectivity index (χ2v) is 8.18. The predicted molar refractivity (Wildman–Crippen MR) is 87.3 cm³/mol. The van der Waals surface area contributed by atoms with E-state index >= 15 is 0 Å². The number of aromatic nitrogens is 2. The highest BCUT2D eigenvalue weighted by Gasteiger charge is 2.21. The summed E-state index contributed by atoms with van der Waals surface area (Å²) in [4.78, 5) is 6.52. The van der Waals surface area contributed by atoms with Crippen LogP contribution in [0.2, 0.25) is 0 Å². The van der Waals surface area contributed by atoms with Gasteiger partial charge in [0.25, 0.3) is 0 Å². The summed E-state index contributed by atoms with van der Waals surface area (Å²) >= 11 is 0. The number of imidazole rings is 1. The van der Waals surface area contributed by atoms with Crippen molar-refractivity contribution in [2.75, 3.05) is 24.6 Å². The summed E-state index contributed by atoms with van der Waals surface area (Å²) in [5, 5.41) is 0. The van der Waals surface area contributed by atoms with Crippen molar-refractivity contribution in [1.29, 1.82) is 0 Å². The van der Waals surface area contributed by atoms with E-state index in [1.165, 1.54) is 5.56 Å². The van der Waals surface area contributed by atoms with Gasteiger partial charge in [-0.2, -0.15) is 0 Å². The normalized spacial score (nSPS) is 18.5. The molecule has 118 valence electrons. The van der Waals surface area contributed by atoms with E-state index < -0.39 is 9.84 Å². The second kappa shape index (κ2) is 5.85. The maximum absolute atomic E-state index is 11.4. The Morgan fingerprint density at radius 3 is 2.32 bits per heavy atom. The Morgan fingerprint density at radius 2 is 1.77 bits per heavy atom. The quantitative estimate of drug-likeness (QED) is 0.863. The third kappa shape index (κ3) is 3.23. The Balaban J connectivity index is 1.69. The van der Waals surface area contributed by atoms with Crippen LogP contribution < -0.4 is 0 Å². The first kappa shape index (κ1) is 15.2. The molecule has 1 aliphatic heterocycles. The van der Waals surface area contributed by atoms with E-state index in [2.05, 4.69) is 38.7 Å². The van der Waals surface area contributed by atoms with E-state index in [0.717, 1.165) is 23.6 Å². The number of hydrogen-bond acceptors (Lipinski definition) is 4. The Kier molecular flexibility index (Phi) is 4.06. The zero-order valence-corrected chi connectivity index (χ0v) is 13.8. The molecule has 0 bridgehead atoms. The van der Waals surface area contributed by atoms with Crippen LogP contribution in [0.1, 0.15) is 11.4 Å². The lowest BCUT2D eigenvalue weighted by Gasteiger charge is -2.26. The van der Waals surface area contributed by atoms with Gasteiger partial charge in [-0.1, -0.05) is 24.3 Å². The maximum Gasteiger partial charge on any atom is 0.152 e. The first-order valence-electron chi connectivity index (χ1n) is 7.45. The summed E-state index contributed by atoms with van der Waals surface area (Å²) in [6, 6.07) is 8.43. The van der Waals surface area contributed by atoms with Gasteiger partial charge in [0.15, 0.2) is 9.84 Å². The van der Waals surface area contributed by atoms with Gasteiger partial charge in [-0.25, -0.2) is 13.4 Å². The number of nitrogens with zero attached hydrogens (tertiary/aromatic N) is 3. The molecule has 1 fully saturated rings. The predicted octanol–water partition coefficient (Wildman–Crippen LogP) is 1.63. The molecule has 0 unspecified atom stereocenters. The third-order valence-electron chi connectivity index (χ3n) is 4.31. The lowest BCUT2D eigenvalue weighted by atomic mass is 10.1. The third-order valence-corrected chi connectivity index (χ3v) is 5.92. The zero-order chi connectivity index (χ0) is 15.7. The molecule has 0 saturated carbocycles. The first-order valence-corrected chi connectivity index (χ1v) is 9.27. The SMILES string of the molecule is Cc1ncc(-c2ccc(CN3CCS(=O)(=O)CC3)cc2)n1C. The summed E-state index contributed by atoms with van der Waals surface area (Å²) in [7, 11) is -0.791. The van der Waals surface area contributed by atoms with Crippen LogP contribution in [-0.4, -0.2) is 47.5 Å². The molecule has 5 nitrogen and oxygen atoms in total. The fraction of sp³-hybridized carbons (Fsp3) is 0.438. The van der Waals surface area contributed by atoms with Gasteiger partial charge in [0.1, 0.15) is 5.82 Å². The number of hydrogen-bond donors (Lipinski definition) is 0. The Bertz CT molecular complexity index is 749. The van der Waals surface area contributed by atoms with Crippen molar-refractivity contribution in [2.24, 2.45) is 7.05 Å². The summed E-state index contributed by atoms with van der Waals surface area (Å²) in [6.07, 6.45) is 1.89. The summed E-state index contributed by atoms with van der Waals surface area (Å²) < 4.78 is 25.0. The van der Waals surface area contributed by atoms with Crippen molar-refractivity contribution < 1.29 is 8.42 Å². The van der Waals surface area contributed by atoms with Crippen LogP contribution in [0.3, 0.4) is 0 Å². The van der Waals surface area contributed by atoms with Gasteiger partial charge in [-0.3, -0.25) is 4.90 Å². The average Bonchev–Trinajstić information content (AvgIpc) is 2.82. The standard InChI is InChI=1S/C16H21N3O2S/c1-13-17-11-16(18(13)2)15-5-3-14(4-6-15)12-19-7-9-22(20,21)10-8-19/h3-6,11H,7-10,12H2,1-2H3. The average molecular weight is 319 g/mol. The lowest BCUT2D eigenvalue weighted by molar-refractivity contribution is 0.287. The molecule has 6 heteroatoms. The molecular weight excluding hydrogens is 298 g/mol. The van der Waals surface area contributed by atoms with Crippen LogP contribution in [0, 0.1) is 6.92 Å². The van der Waals surface area contributed by atoms with E-state index in [1.807, 2.05) is 20.2 Å². The molecule has 2 aromatic rings. The molecule has 22 heavy (non-hydrogen) atoms. The van der Waals surface area contributed by atoms with Crippen LogP contribution in [0.5, 0.6) is 0 Å². The van der Waals surface area contributed by atoms with Gasteiger partial charge in [0, 0.05) is 26.7 Å². The van der Waals surface area contributed by atoms with Crippen LogP contribution in [0.15, 0.2) is 30.5 Å². The lowest BCUT2D eigenvalue weighted by Crippen LogP contribution is -2.39. The number of rotatable bonds is 3. The molecule has 1 aromatic carbocycles. The van der Waals surface area contributed by atoms with E-state index in [-0.39, 0.29) is 11.5 Å². The monoisotopic (exact) mass is 319 g/mol. The van der Waals surface area contributed by atoms with Crippen LogP contribution in [0.4, 0.5) is 0 Å². The smallest absolute Gasteiger partial charge is 0.152 e. The molecule has 0 atom stereocenters. The molecule has 0 spiro atoms. The molecule has 2 heterocycles. The Labute approximate surface area is 131 Å². The summed E-state index contributed by atoms with van der Waals surface area (Å²) in [5.41, 5.74) is 3.46. The largest absolute Gasteiger partial charge is 0.331 e. The first-order chi connectivity index (χ1) is 10.4. The van der Waals surface area contributed by atoms with Crippen LogP contribution >= 0.6 is 0 Å². The molecule has 0 amide bonds. The zero-order valence-electron chi connectivity index (χ0n) is 13.0. The fourth-order valence-corrected chi connectivity index (χ4v) is 3.99. The minimum Gasteiger partial charge on any atom is -0.331 e. The summed E-state index contributed by atoms with van der Waals surface area (Å²) in [5.74, 6) is 1.55. The van der Waals surface area contributed by atoms with E-state index in [9.17, 15) is 8.42 Å². The summed E-state index contributed by atoms with van der Waals surface area (Å²) in [6.45, 7) is 4.05. The molecule has 1 aliphatic rings. The van der Waals surface area contributed by atoms with Gasteiger partial charge >= 0.3 is 0 Å². The van der Waals surface area contributed by atoms with Crippen LogP contribution in [-0.2, 0) is 23.4 Å². The Morgan fingerprint density at radius 1 is 1.14 bits per heavy atom. The van der Waals surface area contributed by atoms with E-state index in [4.69, 9.17) is 0 Å². The fourth-order valence-electron chi connectivity index (χ4n) is 2.72. The van der Waals surface area contributed by atoms with Crippen molar-refractivity contribution in [2.45, 2.75) is 13.5 Å². The van der Waals surface area contributed by atoms with Gasteiger partial charge in [-0.15, -0.1) is 0 Å². The van der Waals surface area contributed by atoms with Crippen molar-refractivity contribution in [3.8, 4) is 11.3 Å². The molecule has 0 aliphatic carbocycles. The van der Waals surface area contributed by atoms with Crippen molar-refractivity contribution in [3.63, 3.8) is 0 Å². The minimum absolute atomic E-state index is 0.277. The van der Waals surface area contributed by atoms with Crippen molar-refractivity contribution in [3.05, 3.63) is 41.9 Å². The highest BCUT2D eigenvalue weighted by molar-refractivity contribution is 7.91. The molecule has 0 N–H and O–H groups in total. The van der Waals surface area contributed by atoms with E-state index in [0.29, 0.717) is 13.1 Å². The van der Waals surface area contributed by atoms with Gasteiger partial charge < -0.3 is 4.57 Å². The number of aryl methyl sites for hydroxylation is 1. The molecule has 1 aromatic heterocycles. The second-order valence-electron chi connectivity index (χ2n) is 5.87. The van der Waals surface area contributed by atoms with Crippen molar-refractivity contribution in [1.82, 2.24) is 14.5 Å². The molecule has 1 saturated heterocycles. The minimum atomic E-state index is -2.80.